The Balaban J connectivity index is 1.49. The van der Waals surface area contributed by atoms with Gasteiger partial charge in [-0.25, -0.2) is 9.78 Å². The number of rotatable bonds is 13. The maximum atomic E-state index is 13.7. The monoisotopic (exact) mass is 597 g/mol. The third-order valence-corrected chi connectivity index (χ3v) is 7.83. The second kappa shape index (κ2) is 15.1. The molecule has 8 heteroatoms. The summed E-state index contributed by atoms with van der Waals surface area (Å²) in [4.78, 5) is 20.1. The summed E-state index contributed by atoms with van der Waals surface area (Å²) in [6.45, 7) is 9.43. The molecule has 232 valence electrons. The second-order valence-corrected chi connectivity index (χ2v) is 11.7. The van der Waals surface area contributed by atoms with E-state index in [0.29, 0.717) is 32.3 Å². The van der Waals surface area contributed by atoms with Gasteiger partial charge >= 0.3 is 6.09 Å². The highest BCUT2D eigenvalue weighted by Gasteiger charge is 2.48. The highest BCUT2D eigenvalue weighted by Crippen LogP contribution is 2.39. The molecule has 0 fully saturated rings. The number of imidazole rings is 1. The summed E-state index contributed by atoms with van der Waals surface area (Å²) in [6.07, 6.45) is 1.26. The first-order chi connectivity index (χ1) is 21.4. The van der Waals surface area contributed by atoms with Gasteiger partial charge in [-0.1, -0.05) is 91.0 Å². The van der Waals surface area contributed by atoms with Crippen molar-refractivity contribution in [2.45, 2.75) is 84.0 Å². The highest BCUT2D eigenvalue weighted by molar-refractivity contribution is 5.68. The van der Waals surface area contributed by atoms with E-state index in [4.69, 9.17) is 23.9 Å². The number of ether oxygens (including phenoxy) is 4. The van der Waals surface area contributed by atoms with Crippen LogP contribution in [0.2, 0.25) is 0 Å². The van der Waals surface area contributed by atoms with Crippen molar-refractivity contribution in [3.63, 3.8) is 0 Å². The van der Waals surface area contributed by atoms with E-state index in [9.17, 15) is 4.79 Å². The predicted octanol–water partition coefficient (Wildman–Crippen LogP) is 7.12. The van der Waals surface area contributed by atoms with Crippen molar-refractivity contribution in [3.05, 3.63) is 126 Å². The SMILES string of the molecule is CC(C)N(C(=O)O[C@H]1c2nccn2[C@H](COCc2ccccc2)[C@@H](OCc2ccccc2)[C@@H]1OCc1ccccc1)C(C)C. The van der Waals surface area contributed by atoms with E-state index in [0.717, 1.165) is 16.7 Å². The zero-order chi connectivity index (χ0) is 30.9. The van der Waals surface area contributed by atoms with Gasteiger partial charge in [0.1, 0.15) is 12.2 Å². The van der Waals surface area contributed by atoms with Crippen molar-refractivity contribution >= 4 is 6.09 Å². The third kappa shape index (κ3) is 7.75. The Labute approximate surface area is 260 Å². The van der Waals surface area contributed by atoms with Crippen LogP contribution in [0.25, 0.3) is 0 Å². The van der Waals surface area contributed by atoms with E-state index in [1.54, 1.807) is 11.1 Å². The van der Waals surface area contributed by atoms with Crippen molar-refractivity contribution in [2.24, 2.45) is 0 Å². The van der Waals surface area contributed by atoms with Gasteiger partial charge in [-0.2, -0.15) is 0 Å². The molecule has 1 amide bonds. The second-order valence-electron chi connectivity index (χ2n) is 11.7. The van der Waals surface area contributed by atoms with Crippen molar-refractivity contribution < 1.29 is 23.7 Å². The van der Waals surface area contributed by atoms with Gasteiger partial charge in [0.05, 0.1) is 32.5 Å². The van der Waals surface area contributed by atoms with E-state index in [2.05, 4.69) is 0 Å². The summed E-state index contributed by atoms with van der Waals surface area (Å²) < 4.78 is 28.0. The lowest BCUT2D eigenvalue weighted by molar-refractivity contribution is -0.175. The van der Waals surface area contributed by atoms with Crippen LogP contribution < -0.4 is 0 Å². The van der Waals surface area contributed by atoms with Crippen LogP contribution in [0.3, 0.4) is 0 Å². The molecule has 44 heavy (non-hydrogen) atoms. The Morgan fingerprint density at radius 1 is 0.750 bits per heavy atom. The lowest BCUT2D eigenvalue weighted by Crippen LogP contribution is -2.52. The largest absolute Gasteiger partial charge is 0.435 e. The lowest BCUT2D eigenvalue weighted by Gasteiger charge is -2.43. The quantitative estimate of drug-likeness (QED) is 0.163. The Hall–Kier alpha value is -3.98. The van der Waals surface area contributed by atoms with Crippen molar-refractivity contribution in [3.8, 4) is 0 Å². The Morgan fingerprint density at radius 3 is 1.77 bits per heavy atom. The van der Waals surface area contributed by atoms with E-state index in [-0.39, 0.29) is 18.1 Å². The van der Waals surface area contributed by atoms with Gasteiger partial charge in [-0.05, 0) is 44.4 Å². The van der Waals surface area contributed by atoms with Crippen LogP contribution in [0.1, 0.15) is 62.4 Å². The molecule has 4 atom stereocenters. The molecule has 0 unspecified atom stereocenters. The van der Waals surface area contributed by atoms with Crippen molar-refractivity contribution in [1.29, 1.82) is 0 Å². The molecule has 0 saturated heterocycles. The summed E-state index contributed by atoms with van der Waals surface area (Å²) >= 11 is 0. The number of carbonyl (C=O) groups excluding carboxylic acids is 1. The molecule has 0 spiro atoms. The van der Waals surface area contributed by atoms with Crippen molar-refractivity contribution in [1.82, 2.24) is 14.5 Å². The zero-order valence-corrected chi connectivity index (χ0v) is 26.0. The number of hydrogen-bond donors (Lipinski definition) is 0. The van der Waals surface area contributed by atoms with Gasteiger partial charge in [0.25, 0.3) is 0 Å². The molecule has 4 aromatic rings. The molecule has 0 saturated carbocycles. The number of nitrogens with zero attached hydrogens (tertiary/aromatic N) is 3. The van der Waals surface area contributed by atoms with Crippen LogP contribution in [0.5, 0.6) is 0 Å². The lowest BCUT2D eigenvalue weighted by atomic mass is 9.95. The Morgan fingerprint density at radius 2 is 1.25 bits per heavy atom. The number of benzene rings is 3. The van der Waals surface area contributed by atoms with Crippen molar-refractivity contribution in [2.75, 3.05) is 6.61 Å². The standard InChI is InChI=1S/C36H43N3O5/c1-26(2)39(27(3)4)36(40)44-34-33(43-24-30-18-12-7-13-19-30)32(42-23-29-16-10-6-11-17-29)31(38-21-20-37-35(34)38)25-41-22-28-14-8-5-9-15-28/h5-21,26-27,31-34H,22-25H2,1-4H3/t31-,32-,33+,34-/m1/s1. The fraction of sp³-hybridized carbons (Fsp3) is 0.389. The number of hydrogen-bond acceptors (Lipinski definition) is 6. The smallest absolute Gasteiger partial charge is 0.411 e. The summed E-state index contributed by atoms with van der Waals surface area (Å²) in [6, 6.07) is 29.7. The molecule has 2 heterocycles. The molecule has 5 rings (SSSR count). The highest BCUT2D eigenvalue weighted by atomic mass is 16.6. The van der Waals surface area contributed by atoms with Gasteiger partial charge in [0, 0.05) is 24.5 Å². The number of amides is 1. The summed E-state index contributed by atoms with van der Waals surface area (Å²) in [5.74, 6) is 0.608. The number of carbonyl (C=O) groups is 1. The fourth-order valence-corrected chi connectivity index (χ4v) is 5.80. The summed E-state index contributed by atoms with van der Waals surface area (Å²) in [5, 5.41) is 0. The first-order valence-corrected chi connectivity index (χ1v) is 15.4. The average molecular weight is 598 g/mol. The van der Waals surface area contributed by atoms with Gasteiger partial charge in [-0.3, -0.25) is 0 Å². The van der Waals surface area contributed by atoms with Gasteiger partial charge in [0.15, 0.2) is 11.9 Å². The van der Waals surface area contributed by atoms with Gasteiger partial charge in [0.2, 0.25) is 0 Å². The molecular formula is C36H43N3O5. The average Bonchev–Trinajstić information content (AvgIpc) is 3.52. The van der Waals surface area contributed by atoms with Crippen LogP contribution in [0.15, 0.2) is 103 Å². The van der Waals surface area contributed by atoms with Gasteiger partial charge in [-0.15, -0.1) is 0 Å². The number of aromatic nitrogens is 2. The van der Waals surface area contributed by atoms with Crippen LogP contribution in [-0.4, -0.2) is 51.4 Å². The Kier molecular flexibility index (Phi) is 10.8. The molecule has 3 aromatic carbocycles. The molecule has 1 aliphatic rings. The Bertz CT molecular complexity index is 1420. The van der Waals surface area contributed by atoms with E-state index >= 15 is 0 Å². The molecule has 1 aliphatic heterocycles. The molecule has 0 N–H and O–H groups in total. The minimum Gasteiger partial charge on any atom is -0.435 e. The molecule has 0 aliphatic carbocycles. The maximum Gasteiger partial charge on any atom is 0.411 e. The number of fused-ring (bicyclic) bond motifs is 1. The van der Waals surface area contributed by atoms with Crippen LogP contribution in [0.4, 0.5) is 4.79 Å². The topological polar surface area (TPSA) is 75.1 Å². The van der Waals surface area contributed by atoms with Crippen LogP contribution in [0, 0.1) is 0 Å². The first-order valence-electron chi connectivity index (χ1n) is 15.4. The molecular weight excluding hydrogens is 554 g/mol. The predicted molar refractivity (Wildman–Crippen MR) is 169 cm³/mol. The molecule has 8 nitrogen and oxygen atoms in total. The van der Waals surface area contributed by atoms with Gasteiger partial charge < -0.3 is 28.4 Å². The van der Waals surface area contributed by atoms with E-state index < -0.39 is 24.4 Å². The van der Waals surface area contributed by atoms with Crippen LogP contribution in [-0.2, 0) is 38.8 Å². The summed E-state index contributed by atoms with van der Waals surface area (Å²) in [7, 11) is 0. The molecule has 1 aromatic heterocycles. The maximum absolute atomic E-state index is 13.7. The third-order valence-electron chi connectivity index (χ3n) is 7.83. The summed E-state index contributed by atoms with van der Waals surface area (Å²) in [5.41, 5.74) is 3.13. The van der Waals surface area contributed by atoms with E-state index in [1.807, 2.05) is 129 Å². The minimum absolute atomic E-state index is 0.0428. The minimum atomic E-state index is -0.799. The fourth-order valence-electron chi connectivity index (χ4n) is 5.80. The molecule has 0 radical (unpaired) electrons. The van der Waals surface area contributed by atoms with Crippen LogP contribution >= 0.6 is 0 Å². The normalized spacial score (nSPS) is 19.6. The molecule has 0 bridgehead atoms. The first kappa shape index (κ1) is 31.4. The van der Waals surface area contributed by atoms with E-state index in [1.165, 1.54) is 0 Å². The zero-order valence-electron chi connectivity index (χ0n) is 26.0.